The van der Waals surface area contributed by atoms with Crippen LogP contribution in [0.3, 0.4) is 0 Å². The number of piperidine rings is 1. The minimum Gasteiger partial charge on any atom is -0.493 e. The first-order chi connectivity index (χ1) is 12.1. The molecule has 1 aromatic rings. The van der Waals surface area contributed by atoms with Gasteiger partial charge in [0.05, 0.1) is 18.7 Å². The van der Waals surface area contributed by atoms with Gasteiger partial charge in [-0.05, 0) is 54.0 Å². The fourth-order valence-electron chi connectivity index (χ4n) is 4.02. The number of rotatable bonds is 5. The van der Waals surface area contributed by atoms with E-state index in [1.807, 2.05) is 6.07 Å². The highest BCUT2D eigenvalue weighted by Crippen LogP contribution is 2.38. The van der Waals surface area contributed by atoms with Crippen molar-refractivity contribution >= 4 is 15.9 Å². The number of nitrogens with zero attached hydrogens (tertiary/aromatic N) is 3. The Morgan fingerprint density at radius 3 is 2.48 bits per heavy atom. The number of likely N-dealkylation sites (N-methyl/N-ethyl adjacent to an activating group) is 1. The molecule has 0 amide bonds. The van der Waals surface area contributed by atoms with E-state index in [2.05, 4.69) is 43.7 Å². The largest absolute Gasteiger partial charge is 0.493 e. The van der Waals surface area contributed by atoms with Gasteiger partial charge in [-0.25, -0.2) is 0 Å². The topological polar surface area (TPSA) is 28.2 Å². The Bertz CT molecular complexity index is 576. The van der Waals surface area contributed by atoms with E-state index in [4.69, 9.17) is 9.47 Å². The van der Waals surface area contributed by atoms with E-state index in [0.717, 1.165) is 41.6 Å². The molecule has 1 atom stereocenters. The van der Waals surface area contributed by atoms with Gasteiger partial charge in [-0.15, -0.1) is 0 Å². The number of methoxy groups -OCH3 is 2. The molecule has 0 N–H and O–H groups in total. The summed E-state index contributed by atoms with van der Waals surface area (Å²) in [7, 11) is 5.61. The molecule has 2 aliphatic rings. The van der Waals surface area contributed by atoms with Gasteiger partial charge in [0, 0.05) is 45.3 Å². The van der Waals surface area contributed by atoms with Gasteiger partial charge in [-0.1, -0.05) is 6.07 Å². The molecular weight excluding hydrogens is 382 g/mol. The van der Waals surface area contributed by atoms with Crippen molar-refractivity contribution in [2.75, 3.05) is 60.5 Å². The van der Waals surface area contributed by atoms with Crippen molar-refractivity contribution in [1.29, 1.82) is 0 Å². The Kier molecular flexibility index (Phi) is 6.61. The van der Waals surface area contributed by atoms with E-state index in [9.17, 15) is 0 Å². The Hall–Kier alpha value is -0.820. The maximum atomic E-state index is 5.50. The average molecular weight is 412 g/mol. The van der Waals surface area contributed by atoms with Crippen LogP contribution in [-0.4, -0.2) is 81.3 Å². The summed E-state index contributed by atoms with van der Waals surface area (Å²) in [6.07, 6.45) is 2.69. The maximum Gasteiger partial charge on any atom is 0.175 e. The number of hydrogen-bond acceptors (Lipinski definition) is 5. The van der Waals surface area contributed by atoms with Crippen LogP contribution in [0.1, 0.15) is 18.4 Å². The predicted octanol–water partition coefficient (Wildman–Crippen LogP) is 2.68. The molecule has 2 aliphatic heterocycles. The van der Waals surface area contributed by atoms with Gasteiger partial charge in [0.15, 0.2) is 11.5 Å². The molecule has 25 heavy (non-hydrogen) atoms. The second kappa shape index (κ2) is 8.71. The van der Waals surface area contributed by atoms with E-state index >= 15 is 0 Å². The third kappa shape index (κ3) is 4.48. The number of benzene rings is 1. The van der Waals surface area contributed by atoms with Crippen LogP contribution in [0.4, 0.5) is 0 Å². The molecular formula is C19H30BrN3O2. The standard InChI is InChI=1S/C19H30BrN3O2/c1-21-8-4-5-16(14-21)23-11-9-22(10-12-23)13-15-6-7-17(24-2)19(25-3)18(15)20/h6-7,16H,4-5,8-14H2,1-3H3. The molecule has 2 fully saturated rings. The lowest BCUT2D eigenvalue weighted by molar-refractivity contribution is 0.0567. The van der Waals surface area contributed by atoms with Crippen molar-refractivity contribution < 1.29 is 9.47 Å². The lowest BCUT2D eigenvalue weighted by Gasteiger charge is -2.42. The number of likely N-dealkylation sites (tertiary alicyclic amines) is 1. The minimum atomic E-state index is 0.744. The highest BCUT2D eigenvalue weighted by atomic mass is 79.9. The first-order valence-corrected chi connectivity index (χ1v) is 9.96. The van der Waals surface area contributed by atoms with Crippen LogP contribution in [0.5, 0.6) is 11.5 Å². The molecule has 3 rings (SSSR count). The molecule has 2 heterocycles. The van der Waals surface area contributed by atoms with Crippen molar-refractivity contribution in [3.05, 3.63) is 22.2 Å². The molecule has 0 radical (unpaired) electrons. The summed E-state index contributed by atoms with van der Waals surface area (Å²) in [6, 6.07) is 4.87. The van der Waals surface area contributed by atoms with Crippen molar-refractivity contribution in [2.24, 2.45) is 0 Å². The molecule has 1 aromatic carbocycles. The molecule has 0 aliphatic carbocycles. The molecule has 0 bridgehead atoms. The van der Waals surface area contributed by atoms with Crippen molar-refractivity contribution in [2.45, 2.75) is 25.4 Å². The molecule has 6 heteroatoms. The minimum absolute atomic E-state index is 0.744. The van der Waals surface area contributed by atoms with Crippen LogP contribution in [0.25, 0.3) is 0 Å². The second-order valence-corrected chi connectivity index (χ2v) is 7.94. The van der Waals surface area contributed by atoms with Crippen LogP contribution in [0.15, 0.2) is 16.6 Å². The number of halogens is 1. The molecule has 2 saturated heterocycles. The smallest absolute Gasteiger partial charge is 0.175 e. The normalized spacial score (nSPS) is 23.6. The first kappa shape index (κ1) is 19.0. The molecule has 140 valence electrons. The zero-order valence-corrected chi connectivity index (χ0v) is 17.2. The van der Waals surface area contributed by atoms with Gasteiger partial charge >= 0.3 is 0 Å². The maximum absolute atomic E-state index is 5.50. The van der Waals surface area contributed by atoms with E-state index in [0.29, 0.717) is 0 Å². The third-order valence-electron chi connectivity index (χ3n) is 5.48. The lowest BCUT2D eigenvalue weighted by Crippen LogP contribution is -2.54. The Labute approximate surface area is 160 Å². The second-order valence-electron chi connectivity index (χ2n) is 7.14. The number of ether oxygens (including phenoxy) is 2. The fraction of sp³-hybridized carbons (Fsp3) is 0.684. The fourth-order valence-corrected chi connectivity index (χ4v) is 4.63. The summed E-state index contributed by atoms with van der Waals surface area (Å²) in [5, 5.41) is 0. The van der Waals surface area contributed by atoms with Crippen LogP contribution >= 0.6 is 15.9 Å². The van der Waals surface area contributed by atoms with Crippen LogP contribution in [-0.2, 0) is 6.54 Å². The monoisotopic (exact) mass is 411 g/mol. The molecule has 5 nitrogen and oxygen atoms in total. The summed E-state index contributed by atoms with van der Waals surface area (Å²) in [6.45, 7) is 8.01. The van der Waals surface area contributed by atoms with Crippen molar-refractivity contribution in [3.63, 3.8) is 0 Å². The predicted molar refractivity (Wildman–Crippen MR) is 105 cm³/mol. The summed E-state index contributed by atoms with van der Waals surface area (Å²) >= 11 is 3.69. The molecule has 0 aromatic heterocycles. The summed E-state index contributed by atoms with van der Waals surface area (Å²) in [5.74, 6) is 1.55. The van der Waals surface area contributed by atoms with Gasteiger partial charge in [0.2, 0.25) is 0 Å². The third-order valence-corrected chi connectivity index (χ3v) is 6.35. The van der Waals surface area contributed by atoms with E-state index in [1.165, 1.54) is 44.6 Å². The van der Waals surface area contributed by atoms with Crippen molar-refractivity contribution in [3.8, 4) is 11.5 Å². The van der Waals surface area contributed by atoms with Crippen LogP contribution in [0, 0.1) is 0 Å². The Morgan fingerprint density at radius 1 is 1.08 bits per heavy atom. The zero-order chi connectivity index (χ0) is 17.8. The molecule has 0 spiro atoms. The average Bonchev–Trinajstić information content (AvgIpc) is 2.63. The lowest BCUT2D eigenvalue weighted by atomic mass is 10.0. The van der Waals surface area contributed by atoms with Crippen LogP contribution in [0.2, 0.25) is 0 Å². The molecule has 0 saturated carbocycles. The van der Waals surface area contributed by atoms with E-state index in [-0.39, 0.29) is 0 Å². The van der Waals surface area contributed by atoms with Gasteiger partial charge < -0.3 is 14.4 Å². The highest BCUT2D eigenvalue weighted by Gasteiger charge is 2.27. The van der Waals surface area contributed by atoms with Crippen LogP contribution < -0.4 is 9.47 Å². The zero-order valence-electron chi connectivity index (χ0n) is 15.6. The van der Waals surface area contributed by atoms with Gasteiger partial charge in [-0.3, -0.25) is 9.80 Å². The number of hydrogen-bond donors (Lipinski definition) is 0. The van der Waals surface area contributed by atoms with E-state index < -0.39 is 0 Å². The number of piperazine rings is 1. The Balaban J connectivity index is 1.57. The van der Waals surface area contributed by atoms with E-state index in [1.54, 1.807) is 14.2 Å². The Morgan fingerprint density at radius 2 is 1.84 bits per heavy atom. The quantitative estimate of drug-likeness (QED) is 0.742. The first-order valence-electron chi connectivity index (χ1n) is 9.16. The highest BCUT2D eigenvalue weighted by molar-refractivity contribution is 9.10. The van der Waals surface area contributed by atoms with Gasteiger partial charge in [0.25, 0.3) is 0 Å². The SMILES string of the molecule is COc1ccc(CN2CCN(C3CCCN(C)C3)CC2)c(Br)c1OC. The van der Waals surface area contributed by atoms with Gasteiger partial charge in [-0.2, -0.15) is 0 Å². The summed E-state index contributed by atoms with van der Waals surface area (Å²) in [4.78, 5) is 7.70. The van der Waals surface area contributed by atoms with Gasteiger partial charge in [0.1, 0.15) is 0 Å². The summed E-state index contributed by atoms with van der Waals surface area (Å²) in [5.41, 5.74) is 1.25. The molecule has 1 unspecified atom stereocenters. The van der Waals surface area contributed by atoms with Crippen molar-refractivity contribution in [1.82, 2.24) is 14.7 Å². The summed E-state index contributed by atoms with van der Waals surface area (Å²) < 4.78 is 11.9.